The average molecular weight is 284 g/mol. The number of benzene rings is 1. The Morgan fingerprint density at radius 1 is 1.53 bits per heavy atom. The van der Waals surface area contributed by atoms with E-state index in [-0.39, 0.29) is 6.54 Å². The van der Waals surface area contributed by atoms with Gasteiger partial charge in [0, 0.05) is 17.1 Å². The lowest BCUT2D eigenvalue weighted by atomic mass is 9.86. The summed E-state index contributed by atoms with van der Waals surface area (Å²) in [5.74, 6) is -0.577. The fourth-order valence-electron chi connectivity index (χ4n) is 2.15. The minimum atomic E-state index is -0.960. The quantitative estimate of drug-likeness (QED) is 0.842. The SMILES string of the molecule is NCC(C(=O)O)c1cc(Cl)ccc1OCC1CCC1. The van der Waals surface area contributed by atoms with Crippen LogP contribution in [0.1, 0.15) is 30.7 Å². The van der Waals surface area contributed by atoms with E-state index in [1.165, 1.54) is 19.3 Å². The molecule has 0 heterocycles. The van der Waals surface area contributed by atoms with E-state index in [0.717, 1.165) is 0 Å². The van der Waals surface area contributed by atoms with Crippen molar-refractivity contribution in [3.05, 3.63) is 28.8 Å². The maximum absolute atomic E-state index is 11.2. The molecule has 0 aromatic heterocycles. The number of rotatable bonds is 6. The van der Waals surface area contributed by atoms with E-state index in [1.54, 1.807) is 18.2 Å². The number of carboxylic acid groups (broad SMARTS) is 1. The topological polar surface area (TPSA) is 72.6 Å². The standard InChI is InChI=1S/C14H18ClNO3/c15-10-4-5-13(19-8-9-2-1-3-9)11(6-10)12(7-16)14(17)18/h4-6,9,12H,1-3,7-8,16H2,(H,17,18). The van der Waals surface area contributed by atoms with Gasteiger partial charge in [-0.3, -0.25) is 4.79 Å². The first-order valence-electron chi connectivity index (χ1n) is 6.47. The summed E-state index contributed by atoms with van der Waals surface area (Å²) in [5.41, 5.74) is 6.10. The van der Waals surface area contributed by atoms with Gasteiger partial charge in [0.05, 0.1) is 12.5 Å². The van der Waals surface area contributed by atoms with E-state index in [4.69, 9.17) is 22.1 Å². The summed E-state index contributed by atoms with van der Waals surface area (Å²) >= 11 is 5.93. The number of carbonyl (C=O) groups is 1. The maximum atomic E-state index is 11.2. The normalized spacial score (nSPS) is 16.7. The second kappa shape index (κ2) is 6.26. The number of nitrogens with two attached hydrogens (primary N) is 1. The molecule has 3 N–H and O–H groups in total. The molecule has 0 saturated heterocycles. The molecule has 1 aromatic carbocycles. The third kappa shape index (κ3) is 3.39. The molecule has 1 aliphatic rings. The maximum Gasteiger partial charge on any atom is 0.312 e. The molecule has 0 radical (unpaired) electrons. The lowest BCUT2D eigenvalue weighted by Gasteiger charge is -2.26. The monoisotopic (exact) mass is 283 g/mol. The summed E-state index contributed by atoms with van der Waals surface area (Å²) in [7, 11) is 0. The van der Waals surface area contributed by atoms with E-state index in [1.807, 2.05) is 0 Å². The van der Waals surface area contributed by atoms with Crippen molar-refractivity contribution in [1.82, 2.24) is 0 Å². The van der Waals surface area contributed by atoms with Gasteiger partial charge in [0.1, 0.15) is 5.75 Å². The molecule has 1 fully saturated rings. The van der Waals surface area contributed by atoms with Crippen LogP contribution in [0.15, 0.2) is 18.2 Å². The van der Waals surface area contributed by atoms with Crippen molar-refractivity contribution in [3.8, 4) is 5.75 Å². The second-order valence-electron chi connectivity index (χ2n) is 4.92. The zero-order chi connectivity index (χ0) is 13.8. The minimum absolute atomic E-state index is 0.0233. The Hall–Kier alpha value is -1.26. The number of carboxylic acids is 1. The van der Waals surface area contributed by atoms with Crippen LogP contribution in [0, 0.1) is 5.92 Å². The van der Waals surface area contributed by atoms with Gasteiger partial charge in [0.15, 0.2) is 0 Å². The number of hydrogen-bond donors (Lipinski definition) is 2. The minimum Gasteiger partial charge on any atom is -0.493 e. The molecule has 0 aliphatic heterocycles. The van der Waals surface area contributed by atoms with Gasteiger partial charge in [-0.1, -0.05) is 18.0 Å². The zero-order valence-electron chi connectivity index (χ0n) is 10.6. The third-order valence-electron chi connectivity index (χ3n) is 3.58. The van der Waals surface area contributed by atoms with Crippen molar-refractivity contribution < 1.29 is 14.6 Å². The van der Waals surface area contributed by atoms with Crippen molar-refractivity contribution in [2.45, 2.75) is 25.2 Å². The summed E-state index contributed by atoms with van der Waals surface area (Å²) < 4.78 is 5.75. The van der Waals surface area contributed by atoms with Gasteiger partial charge in [-0.15, -0.1) is 0 Å². The van der Waals surface area contributed by atoms with Gasteiger partial charge >= 0.3 is 5.97 Å². The molecule has 4 nitrogen and oxygen atoms in total. The molecule has 0 spiro atoms. The molecule has 1 saturated carbocycles. The molecule has 104 valence electrons. The van der Waals surface area contributed by atoms with Gasteiger partial charge in [0.25, 0.3) is 0 Å². The molecule has 0 bridgehead atoms. The summed E-state index contributed by atoms with van der Waals surface area (Å²) in [4.78, 5) is 11.2. The lowest BCUT2D eigenvalue weighted by molar-refractivity contribution is -0.138. The fraction of sp³-hybridized carbons (Fsp3) is 0.500. The number of hydrogen-bond acceptors (Lipinski definition) is 3. The van der Waals surface area contributed by atoms with Crippen molar-refractivity contribution in [3.63, 3.8) is 0 Å². The van der Waals surface area contributed by atoms with Crippen LogP contribution in [0.2, 0.25) is 5.02 Å². The van der Waals surface area contributed by atoms with Crippen LogP contribution in [-0.2, 0) is 4.79 Å². The van der Waals surface area contributed by atoms with E-state index in [0.29, 0.717) is 28.9 Å². The summed E-state index contributed by atoms with van der Waals surface area (Å²) in [6.07, 6.45) is 3.62. The highest BCUT2D eigenvalue weighted by atomic mass is 35.5. The second-order valence-corrected chi connectivity index (χ2v) is 5.35. The van der Waals surface area contributed by atoms with Gasteiger partial charge in [-0.05, 0) is 37.0 Å². The Morgan fingerprint density at radius 3 is 2.79 bits per heavy atom. The van der Waals surface area contributed by atoms with Crippen LogP contribution in [0.5, 0.6) is 5.75 Å². The molecule has 5 heteroatoms. The molecule has 1 aromatic rings. The largest absolute Gasteiger partial charge is 0.493 e. The number of halogens is 1. The smallest absolute Gasteiger partial charge is 0.312 e. The summed E-state index contributed by atoms with van der Waals surface area (Å²) in [6, 6.07) is 5.06. The highest BCUT2D eigenvalue weighted by molar-refractivity contribution is 6.30. The van der Waals surface area contributed by atoms with Crippen LogP contribution in [0.25, 0.3) is 0 Å². The first-order chi connectivity index (χ1) is 9.11. The Morgan fingerprint density at radius 2 is 2.26 bits per heavy atom. The Bertz CT molecular complexity index is 460. The Balaban J connectivity index is 2.18. The number of ether oxygens (including phenoxy) is 1. The van der Waals surface area contributed by atoms with Crippen molar-refractivity contribution in [2.24, 2.45) is 11.7 Å². The average Bonchev–Trinajstić information content (AvgIpc) is 2.30. The van der Waals surface area contributed by atoms with E-state index in [9.17, 15) is 9.90 Å². The van der Waals surface area contributed by atoms with Crippen LogP contribution in [0.3, 0.4) is 0 Å². The van der Waals surface area contributed by atoms with Gasteiger partial charge in [-0.2, -0.15) is 0 Å². The third-order valence-corrected chi connectivity index (χ3v) is 3.82. The van der Waals surface area contributed by atoms with Crippen LogP contribution < -0.4 is 10.5 Å². The highest BCUT2D eigenvalue weighted by Gasteiger charge is 2.24. The first-order valence-corrected chi connectivity index (χ1v) is 6.84. The molecule has 2 rings (SSSR count). The molecular weight excluding hydrogens is 266 g/mol. The summed E-state index contributed by atoms with van der Waals surface area (Å²) in [5, 5.41) is 9.69. The van der Waals surface area contributed by atoms with Crippen LogP contribution in [0.4, 0.5) is 0 Å². The van der Waals surface area contributed by atoms with E-state index < -0.39 is 11.9 Å². The van der Waals surface area contributed by atoms with Crippen molar-refractivity contribution in [2.75, 3.05) is 13.2 Å². The molecular formula is C14H18ClNO3. The van der Waals surface area contributed by atoms with Crippen molar-refractivity contribution >= 4 is 17.6 Å². The molecule has 1 unspecified atom stereocenters. The van der Waals surface area contributed by atoms with E-state index in [2.05, 4.69) is 0 Å². The Kier molecular flexibility index (Phi) is 4.66. The van der Waals surface area contributed by atoms with Gasteiger partial charge < -0.3 is 15.6 Å². The fourth-order valence-corrected chi connectivity index (χ4v) is 2.33. The molecule has 0 amide bonds. The predicted octanol–water partition coefficient (Wildman–Crippen LogP) is 2.65. The Labute approximate surface area is 117 Å². The first kappa shape index (κ1) is 14.2. The van der Waals surface area contributed by atoms with Crippen LogP contribution in [-0.4, -0.2) is 24.2 Å². The molecule has 1 aliphatic carbocycles. The van der Waals surface area contributed by atoms with Crippen LogP contribution >= 0.6 is 11.6 Å². The molecule has 19 heavy (non-hydrogen) atoms. The predicted molar refractivity (Wildman–Crippen MR) is 73.7 cm³/mol. The zero-order valence-corrected chi connectivity index (χ0v) is 11.4. The van der Waals surface area contributed by atoms with Crippen molar-refractivity contribution in [1.29, 1.82) is 0 Å². The highest BCUT2D eigenvalue weighted by Crippen LogP contribution is 2.32. The summed E-state index contributed by atoms with van der Waals surface area (Å²) in [6.45, 7) is 0.654. The molecule has 1 atom stereocenters. The lowest BCUT2D eigenvalue weighted by Crippen LogP contribution is -2.23. The van der Waals surface area contributed by atoms with Gasteiger partial charge in [0.2, 0.25) is 0 Å². The van der Waals surface area contributed by atoms with E-state index >= 15 is 0 Å². The number of aliphatic carboxylic acids is 1. The van der Waals surface area contributed by atoms with Gasteiger partial charge in [-0.25, -0.2) is 0 Å².